The van der Waals surface area contributed by atoms with Crippen LogP contribution in [0.25, 0.3) is 10.9 Å². The standard InChI is InChI=1S/C62H89F2N13O14S/c1-44-9-11-45(12-10-44)6-3-8-53(79)67-16-4-7-51(70-54(80)38-72-20-22-73(39-56(82)83)24-26-75(41-58(86)87)27-25-74(23-21-72)40-57(84)85)60(89)68-18-33-92-42-52(78)61(90)76-30-28-71(29-31-76)19-5-32-91-47-13-14-50-49(34-47)48(15-17-66-50)59(88)69-37-55(81)77-43-62(63,64)35-46(77)36-65-2/h9-15,17,34,36,46,51-52,78H,3-8,16,18-33,35,37-43H2,1-2H3,(H,67,79)(H,68,89)(H,69,88)(H,70,80)(H,82,83)(H,84,85)(H,86,87)/b65-36+/t46-,51+,52-/m1/s1. The maximum absolute atomic E-state index is 14.1. The minimum absolute atomic E-state index is 0.0656. The van der Waals surface area contributed by atoms with E-state index < -0.39 is 91.1 Å². The summed E-state index contributed by atoms with van der Waals surface area (Å²) in [6.45, 7) is 4.43. The van der Waals surface area contributed by atoms with Gasteiger partial charge < -0.3 is 56.2 Å². The highest BCUT2D eigenvalue weighted by molar-refractivity contribution is 7.99. The van der Waals surface area contributed by atoms with Crippen molar-refractivity contribution in [3.05, 3.63) is 71.4 Å². The molecule has 0 aliphatic carbocycles. The molecule has 0 radical (unpaired) electrons. The number of piperazine rings is 1. The van der Waals surface area contributed by atoms with Crippen molar-refractivity contribution in [3.8, 4) is 5.75 Å². The molecule has 3 atom stereocenters. The van der Waals surface area contributed by atoms with Crippen molar-refractivity contribution < 1.29 is 77.1 Å². The van der Waals surface area contributed by atoms with Crippen molar-refractivity contribution in [3.63, 3.8) is 0 Å². The Hall–Kier alpha value is -7.48. The second kappa shape index (κ2) is 37.9. The van der Waals surface area contributed by atoms with E-state index in [0.717, 1.165) is 22.4 Å². The predicted octanol–water partition coefficient (Wildman–Crippen LogP) is 0.213. The first kappa shape index (κ1) is 73.6. The number of rotatable bonds is 33. The Balaban J connectivity index is 0.936. The second-order valence-electron chi connectivity index (χ2n) is 23.3. The molecule has 506 valence electrons. The Morgan fingerprint density at radius 2 is 1.35 bits per heavy atom. The fourth-order valence-electron chi connectivity index (χ4n) is 11.0. The van der Waals surface area contributed by atoms with E-state index in [9.17, 15) is 72.4 Å². The Bertz CT molecular complexity index is 2950. The number of aliphatic carboxylic acids is 3. The van der Waals surface area contributed by atoms with Gasteiger partial charge in [-0.15, -0.1) is 0 Å². The van der Waals surface area contributed by atoms with Crippen LogP contribution in [0.1, 0.15) is 60.0 Å². The largest absolute Gasteiger partial charge is 0.494 e. The third kappa shape index (κ3) is 25.9. The van der Waals surface area contributed by atoms with Gasteiger partial charge in [0.15, 0.2) is 0 Å². The van der Waals surface area contributed by atoms with E-state index in [-0.39, 0.29) is 115 Å². The first-order chi connectivity index (χ1) is 44.0. The van der Waals surface area contributed by atoms with Crippen LogP contribution in [0.15, 0.2) is 59.7 Å². The molecule has 3 aliphatic heterocycles. The normalized spacial score (nSPS) is 18.1. The average molecular weight is 1310 g/mol. The van der Waals surface area contributed by atoms with Crippen LogP contribution >= 0.6 is 11.8 Å². The number of aliphatic hydroxyl groups excluding tert-OH is 1. The topological polar surface area (TPSA) is 340 Å². The third-order valence-electron chi connectivity index (χ3n) is 16.0. The summed E-state index contributed by atoms with van der Waals surface area (Å²) in [5.74, 6) is -8.24. The number of aliphatic hydroxyl groups is 1. The maximum atomic E-state index is 14.1. The van der Waals surface area contributed by atoms with Crippen LogP contribution in [-0.2, 0) is 44.8 Å². The molecule has 0 unspecified atom stereocenters. The number of carboxylic acids is 3. The molecule has 3 fully saturated rings. The number of aryl methyl sites for hydroxylation is 2. The summed E-state index contributed by atoms with van der Waals surface area (Å²) in [7, 11) is 1.44. The molecule has 2 aromatic carbocycles. The summed E-state index contributed by atoms with van der Waals surface area (Å²) in [6, 6.07) is 12.8. The number of hydrogen-bond acceptors (Lipinski definition) is 19. The number of aliphatic imine (C=N–C) groups is 1. The number of halogens is 2. The first-order valence-corrected chi connectivity index (χ1v) is 32.3. The van der Waals surface area contributed by atoms with Gasteiger partial charge >= 0.3 is 17.9 Å². The number of pyridine rings is 1. The van der Waals surface area contributed by atoms with Crippen LogP contribution in [0.2, 0.25) is 0 Å². The molecule has 1 aromatic heterocycles. The highest BCUT2D eigenvalue weighted by atomic mass is 32.2. The molecule has 6 rings (SSSR count). The molecule has 8 N–H and O–H groups in total. The number of aromatic nitrogens is 1. The number of carboxylic acid groups (broad SMARTS) is 3. The van der Waals surface area contributed by atoms with Gasteiger partial charge in [-0.25, -0.2) is 8.78 Å². The van der Waals surface area contributed by atoms with E-state index in [2.05, 4.69) is 36.1 Å². The van der Waals surface area contributed by atoms with Crippen molar-refractivity contribution in [2.45, 2.75) is 76.0 Å². The summed E-state index contributed by atoms with van der Waals surface area (Å²) in [6.07, 6.45) is 3.73. The Kier molecular flexibility index (Phi) is 30.3. The molecule has 3 aliphatic rings. The van der Waals surface area contributed by atoms with E-state index in [4.69, 9.17) is 4.74 Å². The number of nitrogens with zero attached hydrogens (tertiary/aromatic N) is 9. The SMILES string of the molecule is C/N=C/[C@H]1CC(F)(F)CN1C(=O)CNC(=O)c1ccnc2ccc(OCCCN3CCN(C(=O)[C@H](O)CSCCNC(=O)[C@H](CCCNC(=O)CCCc4ccc(C)cc4)NC(=O)CN4CCN(CC(=O)O)CCN(CC(=O)O)CCN(CC(=O)O)CC4)CC3)cc12. The first-order valence-electron chi connectivity index (χ1n) is 31.1. The smallest absolute Gasteiger partial charge is 0.317 e. The molecule has 27 nitrogen and oxygen atoms in total. The van der Waals surface area contributed by atoms with Gasteiger partial charge in [0.2, 0.25) is 23.6 Å². The number of carbonyl (C=O) groups excluding carboxylic acids is 6. The second-order valence-corrected chi connectivity index (χ2v) is 24.4. The number of ether oxygens (including phenoxy) is 1. The van der Waals surface area contributed by atoms with Gasteiger partial charge in [-0.3, -0.25) is 77.6 Å². The fourth-order valence-corrected chi connectivity index (χ4v) is 11.8. The highest BCUT2D eigenvalue weighted by Gasteiger charge is 2.46. The molecule has 92 heavy (non-hydrogen) atoms. The lowest BCUT2D eigenvalue weighted by Crippen LogP contribution is -2.52. The zero-order valence-corrected chi connectivity index (χ0v) is 53.3. The van der Waals surface area contributed by atoms with Gasteiger partial charge in [0, 0.05) is 147 Å². The van der Waals surface area contributed by atoms with Gasteiger partial charge in [0.25, 0.3) is 17.7 Å². The Labute approximate surface area is 538 Å². The number of alkyl halides is 2. The summed E-state index contributed by atoms with van der Waals surface area (Å²) >= 11 is 1.27. The summed E-state index contributed by atoms with van der Waals surface area (Å²) in [4.78, 5) is 135. The number of fused-ring (bicyclic) bond motifs is 1. The van der Waals surface area contributed by atoms with Crippen molar-refractivity contribution in [1.82, 2.24) is 60.6 Å². The molecule has 0 saturated carbocycles. The Morgan fingerprint density at radius 1 is 0.739 bits per heavy atom. The van der Waals surface area contributed by atoms with Crippen molar-refractivity contribution in [2.75, 3.05) is 163 Å². The number of likely N-dealkylation sites (tertiary alicyclic amines) is 1. The lowest BCUT2D eigenvalue weighted by atomic mass is 10.1. The van der Waals surface area contributed by atoms with Crippen LogP contribution in [0.4, 0.5) is 8.78 Å². The van der Waals surface area contributed by atoms with Gasteiger partial charge in [-0.1, -0.05) is 29.8 Å². The number of benzene rings is 2. The van der Waals surface area contributed by atoms with Gasteiger partial charge in [-0.05, 0) is 68.9 Å². The number of thioether (sulfide) groups is 1. The fraction of sp³-hybridized carbons (Fsp3) is 0.597. The van der Waals surface area contributed by atoms with Gasteiger partial charge in [0.1, 0.15) is 17.9 Å². The van der Waals surface area contributed by atoms with E-state index >= 15 is 0 Å². The molecule has 3 saturated heterocycles. The maximum Gasteiger partial charge on any atom is 0.317 e. The van der Waals surface area contributed by atoms with E-state index in [1.165, 1.54) is 37.3 Å². The van der Waals surface area contributed by atoms with Crippen molar-refractivity contribution in [2.24, 2.45) is 4.99 Å². The third-order valence-corrected chi connectivity index (χ3v) is 17.0. The Morgan fingerprint density at radius 3 is 1.96 bits per heavy atom. The monoisotopic (exact) mass is 1310 g/mol. The zero-order valence-electron chi connectivity index (χ0n) is 52.5. The molecular formula is C62H89F2N13O14S. The molecule has 0 bridgehead atoms. The van der Waals surface area contributed by atoms with Crippen molar-refractivity contribution >= 4 is 82.2 Å². The van der Waals surface area contributed by atoms with Crippen LogP contribution in [0.3, 0.4) is 0 Å². The number of nitrogens with one attached hydrogen (secondary N) is 4. The van der Waals surface area contributed by atoms with Crippen molar-refractivity contribution in [1.29, 1.82) is 0 Å². The molecule has 4 heterocycles. The lowest BCUT2D eigenvalue weighted by molar-refractivity contribution is -0.141. The van der Waals surface area contributed by atoms with Crippen LogP contribution < -0.4 is 26.0 Å². The van der Waals surface area contributed by atoms with E-state index in [0.29, 0.717) is 87.4 Å². The van der Waals surface area contributed by atoms with Crippen LogP contribution in [-0.4, -0.2) is 306 Å². The van der Waals surface area contributed by atoms with Crippen LogP contribution in [0, 0.1) is 6.92 Å². The lowest BCUT2D eigenvalue weighted by Gasteiger charge is -2.35. The quantitative estimate of drug-likeness (QED) is 0.0299. The summed E-state index contributed by atoms with van der Waals surface area (Å²) in [5.41, 5.74) is 3.01. The molecular weight excluding hydrogens is 1220 g/mol. The summed E-state index contributed by atoms with van der Waals surface area (Å²) < 4.78 is 34.3. The average Bonchev–Trinajstić information content (AvgIpc) is 1.15. The molecule has 30 heteroatoms. The molecule has 6 amide bonds. The number of amides is 6. The zero-order chi connectivity index (χ0) is 66.6. The number of carbonyl (C=O) groups is 9. The minimum atomic E-state index is -3.06. The van der Waals surface area contributed by atoms with E-state index in [1.807, 2.05) is 31.2 Å². The minimum Gasteiger partial charge on any atom is -0.494 e. The van der Waals surface area contributed by atoms with E-state index in [1.54, 1.807) is 42.7 Å². The highest BCUT2D eigenvalue weighted by Crippen LogP contribution is 2.31. The predicted molar refractivity (Wildman–Crippen MR) is 340 cm³/mol. The molecule has 0 spiro atoms. The number of hydrogen-bond donors (Lipinski definition) is 8. The molecule has 3 aromatic rings. The van der Waals surface area contributed by atoms with Gasteiger partial charge in [0.05, 0.1) is 63.0 Å². The summed E-state index contributed by atoms with van der Waals surface area (Å²) in [5, 5.41) is 51.4. The van der Waals surface area contributed by atoms with Crippen LogP contribution in [0.5, 0.6) is 5.75 Å². The van der Waals surface area contributed by atoms with Gasteiger partial charge in [-0.2, -0.15) is 11.8 Å².